The van der Waals surface area contributed by atoms with E-state index < -0.39 is 17.6 Å². The van der Waals surface area contributed by atoms with Gasteiger partial charge in [-0.2, -0.15) is 13.2 Å². The van der Waals surface area contributed by atoms with Crippen LogP contribution in [0.3, 0.4) is 0 Å². The van der Waals surface area contributed by atoms with Gasteiger partial charge < -0.3 is 15.4 Å². The van der Waals surface area contributed by atoms with E-state index in [1.807, 2.05) is 0 Å². The second-order valence-corrected chi connectivity index (χ2v) is 6.18. The van der Waals surface area contributed by atoms with Crippen molar-refractivity contribution < 1.29 is 22.7 Å². The molecule has 7 nitrogen and oxygen atoms in total. The van der Waals surface area contributed by atoms with Gasteiger partial charge in [-0.1, -0.05) is 0 Å². The van der Waals surface area contributed by atoms with Gasteiger partial charge in [0.15, 0.2) is 0 Å². The molecule has 1 amide bonds. The zero-order valence-corrected chi connectivity index (χ0v) is 15.0. The average Bonchev–Trinajstić information content (AvgIpc) is 2.69. The molecule has 3 rings (SSSR count). The van der Waals surface area contributed by atoms with Gasteiger partial charge in [-0.05, 0) is 30.3 Å². The number of benzene rings is 1. The third-order valence-corrected chi connectivity index (χ3v) is 4.17. The predicted octanol–water partition coefficient (Wildman–Crippen LogP) is 2.49. The third kappa shape index (κ3) is 5.64. The van der Waals surface area contributed by atoms with Gasteiger partial charge in [-0.25, -0.2) is 9.97 Å². The van der Waals surface area contributed by atoms with Crippen molar-refractivity contribution in [3.05, 3.63) is 47.8 Å². The van der Waals surface area contributed by atoms with Crippen LogP contribution in [0, 0.1) is 0 Å². The molecule has 1 saturated heterocycles. The molecule has 0 atom stereocenters. The van der Waals surface area contributed by atoms with Crippen molar-refractivity contribution in [1.82, 2.24) is 14.9 Å². The van der Waals surface area contributed by atoms with Crippen molar-refractivity contribution >= 4 is 17.5 Å². The smallest absolute Gasteiger partial charge is 0.379 e. The molecule has 1 aliphatic heterocycles. The molecule has 1 aromatic carbocycles. The summed E-state index contributed by atoms with van der Waals surface area (Å²) in [5, 5.41) is 5.59. The van der Waals surface area contributed by atoms with Crippen molar-refractivity contribution in [3.63, 3.8) is 0 Å². The van der Waals surface area contributed by atoms with Crippen LogP contribution in [-0.2, 0) is 10.9 Å². The molecule has 2 aromatic rings. The fourth-order valence-corrected chi connectivity index (χ4v) is 2.66. The van der Waals surface area contributed by atoms with E-state index in [9.17, 15) is 18.0 Å². The van der Waals surface area contributed by atoms with Crippen LogP contribution in [0.1, 0.15) is 16.1 Å². The maximum absolute atomic E-state index is 12.6. The molecule has 2 heterocycles. The minimum atomic E-state index is -4.42. The van der Waals surface area contributed by atoms with Crippen molar-refractivity contribution in [2.24, 2.45) is 0 Å². The van der Waals surface area contributed by atoms with Crippen LogP contribution in [0.15, 0.2) is 36.5 Å². The van der Waals surface area contributed by atoms with Gasteiger partial charge in [-0.15, -0.1) is 0 Å². The monoisotopic (exact) mass is 395 g/mol. The lowest BCUT2D eigenvalue weighted by Gasteiger charge is -2.26. The number of nitrogens with one attached hydrogen (secondary N) is 2. The van der Waals surface area contributed by atoms with E-state index in [1.165, 1.54) is 24.4 Å². The van der Waals surface area contributed by atoms with Crippen molar-refractivity contribution in [2.75, 3.05) is 50.0 Å². The summed E-state index contributed by atoms with van der Waals surface area (Å²) in [6.07, 6.45) is -2.97. The summed E-state index contributed by atoms with van der Waals surface area (Å²) in [6.45, 7) is 4.60. The fraction of sp³-hybridized carbons (Fsp3) is 0.389. The Morgan fingerprint density at radius 2 is 1.86 bits per heavy atom. The normalized spacial score (nSPS) is 15.2. The lowest BCUT2D eigenvalue weighted by Crippen LogP contribution is -2.39. The minimum absolute atomic E-state index is 0.115. The molecule has 1 aromatic heterocycles. The first kappa shape index (κ1) is 20.0. The molecule has 2 N–H and O–H groups in total. The van der Waals surface area contributed by atoms with Gasteiger partial charge in [0, 0.05) is 38.1 Å². The van der Waals surface area contributed by atoms with Crippen molar-refractivity contribution in [2.45, 2.75) is 6.18 Å². The highest BCUT2D eigenvalue weighted by Crippen LogP contribution is 2.29. The summed E-state index contributed by atoms with van der Waals surface area (Å²) in [5.41, 5.74) is -0.415. The Morgan fingerprint density at radius 3 is 2.54 bits per heavy atom. The number of ether oxygens (including phenoxy) is 1. The van der Waals surface area contributed by atoms with Crippen LogP contribution in [0.4, 0.5) is 24.8 Å². The number of anilines is 2. The molecule has 1 fully saturated rings. The quantitative estimate of drug-likeness (QED) is 0.783. The molecule has 150 valence electrons. The number of hydrogen-bond donors (Lipinski definition) is 2. The first-order valence-electron chi connectivity index (χ1n) is 8.77. The predicted molar refractivity (Wildman–Crippen MR) is 97.2 cm³/mol. The van der Waals surface area contributed by atoms with E-state index in [2.05, 4.69) is 25.5 Å². The Bertz CT molecular complexity index is 793. The number of amides is 1. The molecular formula is C18H20F3N5O2. The van der Waals surface area contributed by atoms with Crippen LogP contribution in [-0.4, -0.2) is 60.2 Å². The van der Waals surface area contributed by atoms with Crippen LogP contribution in [0.5, 0.6) is 0 Å². The number of nitrogens with zero attached hydrogens (tertiary/aromatic N) is 3. The topological polar surface area (TPSA) is 79.4 Å². The first-order valence-corrected chi connectivity index (χ1v) is 8.77. The number of alkyl halides is 3. The molecule has 28 heavy (non-hydrogen) atoms. The van der Waals surface area contributed by atoms with Crippen LogP contribution in [0.25, 0.3) is 0 Å². The van der Waals surface area contributed by atoms with E-state index in [0.717, 1.165) is 45.0 Å². The number of hydrogen-bond acceptors (Lipinski definition) is 6. The second-order valence-electron chi connectivity index (χ2n) is 6.18. The lowest BCUT2D eigenvalue weighted by atomic mass is 10.2. The highest BCUT2D eigenvalue weighted by atomic mass is 19.4. The molecule has 0 radical (unpaired) electrons. The lowest BCUT2D eigenvalue weighted by molar-refractivity contribution is -0.137. The maximum Gasteiger partial charge on any atom is 0.416 e. The highest BCUT2D eigenvalue weighted by Gasteiger charge is 2.30. The number of carbonyl (C=O) groups excluding carboxylic acids is 1. The Balaban J connectivity index is 1.54. The Kier molecular flexibility index (Phi) is 6.42. The summed E-state index contributed by atoms with van der Waals surface area (Å²) in [4.78, 5) is 22.8. The van der Waals surface area contributed by atoms with Gasteiger partial charge in [0.2, 0.25) is 5.95 Å². The SMILES string of the molecule is O=C(Nc1ccc(C(F)(F)F)cc1)c1ccnc(NCCN2CCOCC2)n1. The van der Waals surface area contributed by atoms with Crippen molar-refractivity contribution in [1.29, 1.82) is 0 Å². The van der Waals surface area contributed by atoms with Gasteiger partial charge in [-0.3, -0.25) is 9.69 Å². The van der Waals surface area contributed by atoms with E-state index in [4.69, 9.17) is 4.74 Å². The molecular weight excluding hydrogens is 375 g/mol. The van der Waals surface area contributed by atoms with Gasteiger partial charge in [0.1, 0.15) is 5.69 Å². The highest BCUT2D eigenvalue weighted by molar-refractivity contribution is 6.02. The third-order valence-electron chi connectivity index (χ3n) is 4.17. The van der Waals surface area contributed by atoms with Gasteiger partial charge >= 0.3 is 6.18 Å². The molecule has 0 aliphatic carbocycles. The summed E-state index contributed by atoms with van der Waals surface area (Å²) < 4.78 is 43.1. The number of morpholine rings is 1. The Labute approximate surface area is 159 Å². The van der Waals surface area contributed by atoms with Crippen LogP contribution >= 0.6 is 0 Å². The van der Waals surface area contributed by atoms with E-state index in [1.54, 1.807) is 0 Å². The molecule has 10 heteroatoms. The largest absolute Gasteiger partial charge is 0.416 e. The molecule has 0 bridgehead atoms. The summed E-state index contributed by atoms with van der Waals surface area (Å²) >= 11 is 0. The van der Waals surface area contributed by atoms with Crippen molar-refractivity contribution in [3.8, 4) is 0 Å². The zero-order chi connectivity index (χ0) is 20.0. The van der Waals surface area contributed by atoms with Gasteiger partial charge in [0.25, 0.3) is 5.91 Å². The number of halogens is 3. The van der Waals surface area contributed by atoms with E-state index in [-0.39, 0.29) is 11.4 Å². The number of aromatic nitrogens is 2. The summed E-state index contributed by atoms with van der Waals surface area (Å²) in [6, 6.07) is 5.65. The number of rotatable bonds is 6. The molecule has 0 saturated carbocycles. The van der Waals surface area contributed by atoms with E-state index in [0.29, 0.717) is 12.5 Å². The van der Waals surface area contributed by atoms with Crippen LogP contribution < -0.4 is 10.6 Å². The second kappa shape index (κ2) is 8.98. The zero-order valence-electron chi connectivity index (χ0n) is 15.0. The summed E-state index contributed by atoms with van der Waals surface area (Å²) in [7, 11) is 0. The minimum Gasteiger partial charge on any atom is -0.379 e. The molecule has 1 aliphatic rings. The Morgan fingerprint density at radius 1 is 1.14 bits per heavy atom. The maximum atomic E-state index is 12.6. The van der Waals surface area contributed by atoms with E-state index >= 15 is 0 Å². The standard InChI is InChI=1S/C18H20F3N5O2/c19-18(20,21)13-1-3-14(4-2-13)24-16(27)15-5-6-22-17(25-15)23-7-8-26-9-11-28-12-10-26/h1-6H,7-12H2,(H,24,27)(H,22,23,25). The summed E-state index contributed by atoms with van der Waals surface area (Å²) in [5.74, 6) is -0.216. The first-order chi connectivity index (χ1) is 13.4. The Hall–Kier alpha value is -2.72. The average molecular weight is 395 g/mol. The molecule has 0 spiro atoms. The fourth-order valence-electron chi connectivity index (χ4n) is 2.66. The van der Waals surface area contributed by atoms with Crippen LogP contribution in [0.2, 0.25) is 0 Å². The molecule has 0 unspecified atom stereocenters. The number of carbonyl (C=O) groups is 1. The van der Waals surface area contributed by atoms with Gasteiger partial charge in [0.05, 0.1) is 18.8 Å².